The van der Waals surface area contributed by atoms with E-state index in [0.29, 0.717) is 0 Å². The standard InChI is InChI=1S/C8H15NO2/c1-8(2)5-9-4-6(8)7(10)11-3/h6,9H,4-5H2,1-3H3/t6-/m1/s1. The smallest absolute Gasteiger partial charge is 0.310 e. The highest BCUT2D eigenvalue weighted by molar-refractivity contribution is 5.74. The Kier molecular flexibility index (Phi) is 2.18. The minimum atomic E-state index is -0.0972. The second-order valence-electron chi connectivity index (χ2n) is 3.70. The number of hydrogen-bond acceptors (Lipinski definition) is 3. The van der Waals surface area contributed by atoms with Crippen LogP contribution >= 0.6 is 0 Å². The summed E-state index contributed by atoms with van der Waals surface area (Å²) in [6, 6.07) is 0. The summed E-state index contributed by atoms with van der Waals surface area (Å²) in [4.78, 5) is 11.2. The van der Waals surface area contributed by atoms with E-state index in [1.54, 1.807) is 0 Å². The van der Waals surface area contributed by atoms with Gasteiger partial charge in [0.05, 0.1) is 13.0 Å². The zero-order valence-electron chi connectivity index (χ0n) is 7.31. The Bertz CT molecular complexity index is 165. The summed E-state index contributed by atoms with van der Waals surface area (Å²) in [6.07, 6.45) is 0. The lowest BCUT2D eigenvalue weighted by molar-refractivity contribution is -0.147. The normalized spacial score (nSPS) is 28.5. The van der Waals surface area contributed by atoms with E-state index in [2.05, 4.69) is 19.2 Å². The number of esters is 1. The maximum absolute atomic E-state index is 11.2. The summed E-state index contributed by atoms with van der Waals surface area (Å²) in [5, 5.41) is 3.18. The molecule has 11 heavy (non-hydrogen) atoms. The van der Waals surface area contributed by atoms with Gasteiger partial charge in [-0.05, 0) is 5.41 Å². The van der Waals surface area contributed by atoms with Gasteiger partial charge in [-0.2, -0.15) is 0 Å². The maximum Gasteiger partial charge on any atom is 0.310 e. The van der Waals surface area contributed by atoms with Gasteiger partial charge in [0.2, 0.25) is 0 Å². The third-order valence-corrected chi connectivity index (χ3v) is 2.36. The molecule has 1 fully saturated rings. The van der Waals surface area contributed by atoms with Crippen molar-refractivity contribution in [2.24, 2.45) is 11.3 Å². The second-order valence-corrected chi connectivity index (χ2v) is 3.70. The van der Waals surface area contributed by atoms with Crippen LogP contribution in [-0.4, -0.2) is 26.2 Å². The first-order chi connectivity index (χ1) is 5.08. The quantitative estimate of drug-likeness (QED) is 0.560. The lowest BCUT2D eigenvalue weighted by Gasteiger charge is -2.22. The van der Waals surface area contributed by atoms with E-state index in [4.69, 9.17) is 4.74 Å². The second kappa shape index (κ2) is 2.81. The molecule has 0 bridgehead atoms. The molecule has 1 aliphatic heterocycles. The monoisotopic (exact) mass is 157 g/mol. The molecule has 1 rings (SSSR count). The van der Waals surface area contributed by atoms with Crippen molar-refractivity contribution in [1.82, 2.24) is 5.32 Å². The van der Waals surface area contributed by atoms with Crippen LogP contribution in [0.5, 0.6) is 0 Å². The van der Waals surface area contributed by atoms with E-state index in [1.165, 1.54) is 7.11 Å². The molecule has 0 amide bonds. The number of carbonyl (C=O) groups is 1. The number of ether oxygens (including phenoxy) is 1. The van der Waals surface area contributed by atoms with E-state index in [-0.39, 0.29) is 17.3 Å². The van der Waals surface area contributed by atoms with Crippen molar-refractivity contribution >= 4 is 5.97 Å². The molecule has 0 spiro atoms. The summed E-state index contributed by atoms with van der Waals surface area (Å²) in [7, 11) is 1.44. The number of carbonyl (C=O) groups excluding carboxylic acids is 1. The van der Waals surface area contributed by atoms with Crippen molar-refractivity contribution in [2.45, 2.75) is 13.8 Å². The van der Waals surface area contributed by atoms with E-state index in [9.17, 15) is 4.79 Å². The van der Waals surface area contributed by atoms with Gasteiger partial charge in [-0.1, -0.05) is 13.8 Å². The third kappa shape index (κ3) is 1.53. The highest BCUT2D eigenvalue weighted by Crippen LogP contribution is 2.30. The number of nitrogens with one attached hydrogen (secondary N) is 1. The molecular weight excluding hydrogens is 142 g/mol. The van der Waals surface area contributed by atoms with Gasteiger partial charge in [-0.15, -0.1) is 0 Å². The lowest BCUT2D eigenvalue weighted by Crippen LogP contribution is -2.30. The van der Waals surface area contributed by atoms with Crippen LogP contribution < -0.4 is 5.32 Å². The van der Waals surface area contributed by atoms with Crippen LogP contribution in [0, 0.1) is 11.3 Å². The Morgan fingerprint density at radius 2 is 2.27 bits per heavy atom. The molecule has 1 heterocycles. The van der Waals surface area contributed by atoms with Gasteiger partial charge in [0, 0.05) is 13.1 Å². The van der Waals surface area contributed by atoms with Gasteiger partial charge >= 0.3 is 5.97 Å². The van der Waals surface area contributed by atoms with Crippen LogP contribution in [-0.2, 0) is 9.53 Å². The number of hydrogen-bond donors (Lipinski definition) is 1. The molecule has 0 aromatic rings. The lowest BCUT2D eigenvalue weighted by atomic mass is 9.82. The van der Waals surface area contributed by atoms with Gasteiger partial charge in [0.1, 0.15) is 0 Å². The Labute approximate surface area is 67.1 Å². The van der Waals surface area contributed by atoms with Crippen LogP contribution in [0.1, 0.15) is 13.8 Å². The molecule has 0 aliphatic carbocycles. The third-order valence-electron chi connectivity index (χ3n) is 2.36. The average Bonchev–Trinajstić information content (AvgIpc) is 2.28. The predicted octanol–water partition coefficient (Wildman–Crippen LogP) is 0.405. The highest BCUT2D eigenvalue weighted by atomic mass is 16.5. The molecule has 0 unspecified atom stereocenters. The van der Waals surface area contributed by atoms with Crippen LogP contribution in [0.15, 0.2) is 0 Å². The fourth-order valence-corrected chi connectivity index (χ4v) is 1.48. The van der Waals surface area contributed by atoms with E-state index in [1.807, 2.05) is 0 Å². The van der Waals surface area contributed by atoms with Gasteiger partial charge in [-0.3, -0.25) is 4.79 Å². The first-order valence-corrected chi connectivity index (χ1v) is 3.86. The van der Waals surface area contributed by atoms with Gasteiger partial charge < -0.3 is 10.1 Å². The molecule has 1 aliphatic rings. The van der Waals surface area contributed by atoms with Gasteiger partial charge in [0.25, 0.3) is 0 Å². The Hall–Kier alpha value is -0.570. The van der Waals surface area contributed by atoms with Crippen molar-refractivity contribution in [1.29, 1.82) is 0 Å². The predicted molar refractivity (Wildman–Crippen MR) is 42.2 cm³/mol. The Balaban J connectivity index is 2.64. The van der Waals surface area contributed by atoms with Crippen molar-refractivity contribution < 1.29 is 9.53 Å². The first kappa shape index (κ1) is 8.53. The summed E-state index contributed by atoms with van der Waals surface area (Å²) in [5.74, 6) is -0.0764. The largest absolute Gasteiger partial charge is 0.469 e. The van der Waals surface area contributed by atoms with Crippen molar-refractivity contribution in [3.05, 3.63) is 0 Å². The molecule has 0 aromatic carbocycles. The molecule has 1 saturated heterocycles. The van der Waals surface area contributed by atoms with Gasteiger partial charge in [-0.25, -0.2) is 0 Å². The summed E-state index contributed by atoms with van der Waals surface area (Å²) >= 11 is 0. The average molecular weight is 157 g/mol. The Morgan fingerprint density at radius 3 is 2.64 bits per heavy atom. The molecule has 64 valence electrons. The van der Waals surface area contributed by atoms with E-state index < -0.39 is 0 Å². The highest BCUT2D eigenvalue weighted by Gasteiger charge is 2.39. The topological polar surface area (TPSA) is 38.3 Å². The number of methoxy groups -OCH3 is 1. The molecule has 1 atom stereocenters. The summed E-state index contributed by atoms with van der Waals surface area (Å²) < 4.78 is 4.69. The van der Waals surface area contributed by atoms with Crippen molar-refractivity contribution in [3.63, 3.8) is 0 Å². The molecule has 1 N–H and O–H groups in total. The fourth-order valence-electron chi connectivity index (χ4n) is 1.48. The van der Waals surface area contributed by atoms with Crippen LogP contribution in [0.4, 0.5) is 0 Å². The molecule has 0 radical (unpaired) electrons. The van der Waals surface area contributed by atoms with Crippen molar-refractivity contribution in [3.8, 4) is 0 Å². The minimum absolute atomic E-state index is 0.0208. The molecule has 0 aromatic heterocycles. The zero-order valence-corrected chi connectivity index (χ0v) is 7.31. The minimum Gasteiger partial charge on any atom is -0.469 e. The van der Waals surface area contributed by atoms with E-state index >= 15 is 0 Å². The summed E-state index contributed by atoms with van der Waals surface area (Å²) in [6.45, 7) is 5.80. The molecule has 3 nitrogen and oxygen atoms in total. The van der Waals surface area contributed by atoms with Crippen LogP contribution in [0.3, 0.4) is 0 Å². The molecule has 0 saturated carbocycles. The van der Waals surface area contributed by atoms with Crippen LogP contribution in [0.25, 0.3) is 0 Å². The maximum atomic E-state index is 11.2. The van der Waals surface area contributed by atoms with E-state index in [0.717, 1.165) is 13.1 Å². The van der Waals surface area contributed by atoms with Crippen LogP contribution in [0.2, 0.25) is 0 Å². The zero-order chi connectivity index (χ0) is 8.48. The van der Waals surface area contributed by atoms with Crippen molar-refractivity contribution in [2.75, 3.05) is 20.2 Å². The van der Waals surface area contributed by atoms with Gasteiger partial charge in [0.15, 0.2) is 0 Å². The summed E-state index contributed by atoms with van der Waals surface area (Å²) in [5.41, 5.74) is 0.0487. The first-order valence-electron chi connectivity index (χ1n) is 3.86. The number of rotatable bonds is 1. The Morgan fingerprint density at radius 1 is 1.64 bits per heavy atom. The SMILES string of the molecule is COC(=O)[C@H]1CNCC1(C)C. The molecule has 3 heteroatoms. The molecular formula is C8H15NO2. The fraction of sp³-hybridized carbons (Fsp3) is 0.875.